The molecule has 1 aromatic heterocycles. The fourth-order valence-electron chi connectivity index (χ4n) is 1.26. The second kappa shape index (κ2) is 5.36. The van der Waals surface area contributed by atoms with Crippen molar-refractivity contribution in [1.82, 2.24) is 9.97 Å². The number of anilines is 1. The maximum Gasteiger partial charge on any atom is 0.223 e. The van der Waals surface area contributed by atoms with E-state index in [4.69, 9.17) is 11.2 Å². The summed E-state index contributed by atoms with van der Waals surface area (Å²) in [6.07, 6.45) is 4.98. The van der Waals surface area contributed by atoms with Crippen LogP contribution in [0.1, 0.15) is 25.2 Å². The lowest BCUT2D eigenvalue weighted by Crippen LogP contribution is -2.13. The van der Waals surface area contributed by atoms with Gasteiger partial charge in [0.2, 0.25) is 5.88 Å². The molecule has 1 heterocycles. The van der Waals surface area contributed by atoms with Crippen LogP contribution >= 0.6 is 0 Å². The zero-order valence-corrected chi connectivity index (χ0v) is 10.2. The molecule has 0 aliphatic carbocycles. The molecule has 4 nitrogen and oxygen atoms in total. The Hall–Kier alpha value is -1.76. The van der Waals surface area contributed by atoms with Crippen molar-refractivity contribution in [3.8, 4) is 18.2 Å². The maximum absolute atomic E-state index is 5.53. The monoisotopic (exact) mass is 219 g/mol. The van der Waals surface area contributed by atoms with E-state index >= 15 is 0 Å². The summed E-state index contributed by atoms with van der Waals surface area (Å²) >= 11 is 0. The van der Waals surface area contributed by atoms with Crippen molar-refractivity contribution in [1.29, 1.82) is 0 Å². The highest BCUT2D eigenvalue weighted by Gasteiger charge is 2.11. The van der Waals surface area contributed by atoms with E-state index in [1.807, 2.05) is 27.7 Å². The summed E-state index contributed by atoms with van der Waals surface area (Å²) in [5.41, 5.74) is 0.884. The zero-order valence-electron chi connectivity index (χ0n) is 10.2. The third-order valence-electron chi connectivity index (χ3n) is 2.08. The SMILES string of the molecule is C#CC(C)Oc1nc(C)nc(NCC)c1C. The Morgan fingerprint density at radius 2 is 2.12 bits per heavy atom. The van der Waals surface area contributed by atoms with Crippen LogP contribution in [-0.2, 0) is 0 Å². The lowest BCUT2D eigenvalue weighted by atomic mass is 10.3. The zero-order chi connectivity index (χ0) is 12.1. The summed E-state index contributed by atoms with van der Waals surface area (Å²) in [6.45, 7) is 8.37. The molecule has 0 aliphatic heterocycles. The first-order chi connectivity index (χ1) is 7.58. The quantitative estimate of drug-likeness (QED) is 0.786. The second-order valence-corrected chi connectivity index (χ2v) is 3.51. The molecule has 1 unspecified atom stereocenters. The molecule has 0 spiro atoms. The van der Waals surface area contributed by atoms with Crippen LogP contribution in [0.15, 0.2) is 0 Å². The Balaban J connectivity index is 3.04. The van der Waals surface area contributed by atoms with Gasteiger partial charge in [-0.05, 0) is 27.7 Å². The summed E-state index contributed by atoms with van der Waals surface area (Å²) < 4.78 is 5.53. The minimum absolute atomic E-state index is 0.289. The van der Waals surface area contributed by atoms with Crippen LogP contribution in [0.5, 0.6) is 5.88 Å². The van der Waals surface area contributed by atoms with Gasteiger partial charge in [-0.15, -0.1) is 6.42 Å². The lowest BCUT2D eigenvalue weighted by molar-refractivity contribution is 0.265. The third kappa shape index (κ3) is 2.86. The van der Waals surface area contributed by atoms with Crippen molar-refractivity contribution in [2.45, 2.75) is 33.8 Å². The standard InChI is InChI=1S/C12H17N3O/c1-6-8(3)16-12-9(4)11(13-7-2)14-10(5)15-12/h1,8H,7H2,2-5H3,(H,13,14,15). The number of aromatic nitrogens is 2. The summed E-state index contributed by atoms with van der Waals surface area (Å²) in [5.74, 6) is 4.53. The Morgan fingerprint density at radius 1 is 1.44 bits per heavy atom. The first kappa shape index (κ1) is 12.3. The van der Waals surface area contributed by atoms with Crippen LogP contribution in [0.3, 0.4) is 0 Å². The molecule has 0 fully saturated rings. The number of terminal acetylenes is 1. The van der Waals surface area contributed by atoms with E-state index in [9.17, 15) is 0 Å². The number of nitrogens with one attached hydrogen (secondary N) is 1. The van der Waals surface area contributed by atoms with Gasteiger partial charge in [0.05, 0.1) is 5.56 Å². The lowest BCUT2D eigenvalue weighted by Gasteiger charge is -2.14. The maximum atomic E-state index is 5.53. The smallest absolute Gasteiger partial charge is 0.223 e. The number of aryl methyl sites for hydroxylation is 1. The van der Waals surface area contributed by atoms with E-state index in [0.29, 0.717) is 11.7 Å². The molecule has 0 aromatic carbocycles. The molecule has 4 heteroatoms. The highest BCUT2D eigenvalue weighted by Crippen LogP contribution is 2.22. The molecular weight excluding hydrogens is 202 g/mol. The Bertz CT molecular complexity index is 409. The Kier molecular flexibility index (Phi) is 4.12. The van der Waals surface area contributed by atoms with Gasteiger partial charge in [-0.25, -0.2) is 4.98 Å². The first-order valence-electron chi connectivity index (χ1n) is 5.30. The van der Waals surface area contributed by atoms with E-state index in [1.165, 1.54) is 0 Å². The molecule has 0 bridgehead atoms. The minimum atomic E-state index is -0.289. The largest absolute Gasteiger partial charge is 0.461 e. The number of hydrogen-bond acceptors (Lipinski definition) is 4. The molecule has 1 atom stereocenters. The van der Waals surface area contributed by atoms with Crippen molar-refractivity contribution in [3.05, 3.63) is 11.4 Å². The van der Waals surface area contributed by atoms with Crippen molar-refractivity contribution < 1.29 is 4.74 Å². The molecule has 0 amide bonds. The van der Waals surface area contributed by atoms with Crippen molar-refractivity contribution in [2.24, 2.45) is 0 Å². The fourth-order valence-corrected chi connectivity index (χ4v) is 1.26. The van der Waals surface area contributed by atoms with Gasteiger partial charge in [0.1, 0.15) is 11.6 Å². The van der Waals surface area contributed by atoms with Crippen LogP contribution < -0.4 is 10.1 Å². The molecule has 1 N–H and O–H groups in total. The minimum Gasteiger partial charge on any atom is -0.461 e. The average molecular weight is 219 g/mol. The molecule has 1 aromatic rings. The highest BCUT2D eigenvalue weighted by atomic mass is 16.5. The van der Waals surface area contributed by atoms with E-state index < -0.39 is 0 Å². The van der Waals surface area contributed by atoms with Gasteiger partial charge in [-0.1, -0.05) is 5.92 Å². The van der Waals surface area contributed by atoms with Gasteiger partial charge in [0, 0.05) is 6.54 Å². The molecule has 1 rings (SSSR count). The molecule has 16 heavy (non-hydrogen) atoms. The molecule has 0 saturated carbocycles. The number of nitrogens with zero attached hydrogens (tertiary/aromatic N) is 2. The predicted molar refractivity (Wildman–Crippen MR) is 64.6 cm³/mol. The normalized spacial score (nSPS) is 11.7. The Morgan fingerprint density at radius 3 is 2.69 bits per heavy atom. The van der Waals surface area contributed by atoms with E-state index in [1.54, 1.807) is 0 Å². The Labute approximate surface area is 96.5 Å². The highest BCUT2D eigenvalue weighted by molar-refractivity contribution is 5.48. The van der Waals surface area contributed by atoms with Crippen LogP contribution in [-0.4, -0.2) is 22.6 Å². The van der Waals surface area contributed by atoms with Crippen molar-refractivity contribution in [3.63, 3.8) is 0 Å². The van der Waals surface area contributed by atoms with Crippen LogP contribution in [0.25, 0.3) is 0 Å². The van der Waals surface area contributed by atoms with Crippen LogP contribution in [0.2, 0.25) is 0 Å². The van der Waals surface area contributed by atoms with Gasteiger partial charge >= 0.3 is 0 Å². The molecular formula is C12H17N3O. The third-order valence-corrected chi connectivity index (χ3v) is 2.08. The van der Waals surface area contributed by atoms with E-state index in [-0.39, 0.29) is 6.10 Å². The summed E-state index contributed by atoms with van der Waals surface area (Å²) in [7, 11) is 0. The second-order valence-electron chi connectivity index (χ2n) is 3.51. The van der Waals surface area contributed by atoms with Gasteiger partial charge in [0.15, 0.2) is 6.10 Å². The van der Waals surface area contributed by atoms with Gasteiger partial charge in [-0.2, -0.15) is 4.98 Å². The molecule has 0 aliphatic rings. The van der Waals surface area contributed by atoms with Crippen molar-refractivity contribution >= 4 is 5.82 Å². The topological polar surface area (TPSA) is 47.0 Å². The molecule has 86 valence electrons. The van der Waals surface area contributed by atoms with Crippen LogP contribution in [0, 0.1) is 26.2 Å². The van der Waals surface area contributed by atoms with E-state index in [0.717, 1.165) is 17.9 Å². The predicted octanol–water partition coefficient (Wildman–Crippen LogP) is 1.93. The number of rotatable bonds is 4. The average Bonchev–Trinajstić information content (AvgIpc) is 2.25. The van der Waals surface area contributed by atoms with Crippen LogP contribution in [0.4, 0.5) is 5.82 Å². The number of hydrogen-bond donors (Lipinski definition) is 1. The van der Waals surface area contributed by atoms with Crippen molar-refractivity contribution in [2.75, 3.05) is 11.9 Å². The summed E-state index contributed by atoms with van der Waals surface area (Å²) in [4.78, 5) is 8.54. The van der Waals surface area contributed by atoms with Gasteiger partial charge in [-0.3, -0.25) is 0 Å². The van der Waals surface area contributed by atoms with Gasteiger partial charge < -0.3 is 10.1 Å². The van der Waals surface area contributed by atoms with Gasteiger partial charge in [0.25, 0.3) is 0 Å². The summed E-state index contributed by atoms with van der Waals surface area (Å²) in [6, 6.07) is 0. The summed E-state index contributed by atoms with van der Waals surface area (Å²) in [5, 5.41) is 3.17. The first-order valence-corrected chi connectivity index (χ1v) is 5.30. The fraction of sp³-hybridized carbons (Fsp3) is 0.500. The van der Waals surface area contributed by atoms with E-state index in [2.05, 4.69) is 21.2 Å². The number of ether oxygens (including phenoxy) is 1. The molecule has 0 radical (unpaired) electrons. The molecule has 0 saturated heterocycles.